The van der Waals surface area contributed by atoms with E-state index in [-0.39, 0.29) is 5.69 Å². The molecular weight excluding hydrogens is 263 g/mol. The van der Waals surface area contributed by atoms with Crippen LogP contribution in [0, 0.1) is 11.7 Å². The highest BCUT2D eigenvalue weighted by molar-refractivity contribution is 5.92. The maximum atomic E-state index is 13.6. The van der Waals surface area contributed by atoms with Crippen LogP contribution in [0.15, 0.2) is 24.3 Å². The minimum Gasteiger partial charge on any atom is -0.481 e. The van der Waals surface area contributed by atoms with Crippen molar-refractivity contribution in [3.05, 3.63) is 30.1 Å². The summed E-state index contributed by atoms with van der Waals surface area (Å²) in [7, 11) is 1.46. The van der Waals surface area contributed by atoms with E-state index >= 15 is 0 Å². The zero-order chi connectivity index (χ0) is 14.7. The van der Waals surface area contributed by atoms with Gasteiger partial charge in [0.1, 0.15) is 5.82 Å². The Balaban J connectivity index is 2.05. The molecule has 1 aromatic carbocycles. The number of hydrogen-bond donors (Lipinski definition) is 2. The second-order valence-electron chi connectivity index (χ2n) is 4.94. The number of benzene rings is 1. The van der Waals surface area contributed by atoms with Crippen LogP contribution in [0.2, 0.25) is 0 Å². The number of anilines is 1. The number of carboxylic acids is 1. The van der Waals surface area contributed by atoms with Gasteiger partial charge >= 0.3 is 12.0 Å². The molecule has 20 heavy (non-hydrogen) atoms. The molecule has 2 atom stereocenters. The van der Waals surface area contributed by atoms with E-state index in [2.05, 4.69) is 5.32 Å². The van der Waals surface area contributed by atoms with Crippen molar-refractivity contribution in [2.75, 3.05) is 11.9 Å². The van der Waals surface area contributed by atoms with Crippen LogP contribution in [0.25, 0.3) is 0 Å². The molecule has 0 radical (unpaired) electrons. The Morgan fingerprint density at radius 1 is 1.35 bits per heavy atom. The highest BCUT2D eigenvalue weighted by Gasteiger charge is 2.34. The van der Waals surface area contributed by atoms with Gasteiger partial charge in [-0.2, -0.15) is 0 Å². The van der Waals surface area contributed by atoms with Crippen LogP contribution in [0.4, 0.5) is 14.9 Å². The van der Waals surface area contributed by atoms with Gasteiger partial charge in [-0.15, -0.1) is 0 Å². The van der Waals surface area contributed by atoms with Crippen molar-refractivity contribution in [2.24, 2.45) is 5.92 Å². The van der Waals surface area contributed by atoms with Gasteiger partial charge < -0.3 is 10.4 Å². The molecule has 1 aliphatic carbocycles. The number of rotatable bonds is 3. The number of nitrogens with one attached hydrogen (secondary N) is 1. The van der Waals surface area contributed by atoms with Gasteiger partial charge in [0, 0.05) is 13.1 Å². The average molecular weight is 280 g/mol. The summed E-state index contributed by atoms with van der Waals surface area (Å²) in [6.07, 6.45) is 1.96. The molecule has 1 fully saturated rings. The quantitative estimate of drug-likeness (QED) is 0.892. The summed E-state index contributed by atoms with van der Waals surface area (Å²) >= 11 is 0. The molecule has 5 nitrogen and oxygen atoms in total. The minimum absolute atomic E-state index is 0.162. The zero-order valence-electron chi connectivity index (χ0n) is 11.2. The molecule has 2 amide bonds. The van der Waals surface area contributed by atoms with Gasteiger partial charge in [0.2, 0.25) is 0 Å². The lowest BCUT2D eigenvalue weighted by Crippen LogP contribution is -2.46. The third-order valence-corrected chi connectivity index (χ3v) is 3.66. The summed E-state index contributed by atoms with van der Waals surface area (Å²) < 4.78 is 13.6. The maximum absolute atomic E-state index is 13.6. The number of carboxylic acid groups (broad SMARTS) is 1. The number of nitrogens with zero attached hydrogens (tertiary/aromatic N) is 1. The molecule has 0 aliphatic heterocycles. The summed E-state index contributed by atoms with van der Waals surface area (Å²) in [4.78, 5) is 24.3. The number of aliphatic carboxylic acids is 1. The van der Waals surface area contributed by atoms with E-state index in [1.165, 1.54) is 19.2 Å². The zero-order valence-corrected chi connectivity index (χ0v) is 11.2. The summed E-state index contributed by atoms with van der Waals surface area (Å²) in [6.45, 7) is 0. The number of halogens is 1. The second kappa shape index (κ2) is 5.90. The SMILES string of the molecule is CN(C(=O)NC1CCCC1C(=O)O)c1ccccc1F. The summed E-state index contributed by atoms with van der Waals surface area (Å²) in [5.74, 6) is -1.96. The molecule has 0 bridgehead atoms. The molecule has 0 aromatic heterocycles. The molecule has 2 N–H and O–H groups in total. The summed E-state index contributed by atoms with van der Waals surface area (Å²) in [6, 6.07) is 5.06. The predicted octanol–water partition coefficient (Wildman–Crippen LogP) is 2.22. The number of urea groups is 1. The van der Waals surface area contributed by atoms with E-state index in [1.807, 2.05) is 0 Å². The number of para-hydroxylation sites is 1. The van der Waals surface area contributed by atoms with Gasteiger partial charge in [0.25, 0.3) is 0 Å². The van der Waals surface area contributed by atoms with Gasteiger partial charge in [-0.1, -0.05) is 18.6 Å². The Labute approximate surface area is 116 Å². The van der Waals surface area contributed by atoms with Crippen LogP contribution in [-0.2, 0) is 4.79 Å². The molecule has 1 aliphatic rings. The first-order valence-electron chi connectivity index (χ1n) is 6.52. The van der Waals surface area contributed by atoms with E-state index < -0.39 is 29.8 Å². The molecule has 108 valence electrons. The van der Waals surface area contributed by atoms with Crippen molar-refractivity contribution in [1.29, 1.82) is 0 Å². The number of amides is 2. The molecular formula is C14H17FN2O3. The topological polar surface area (TPSA) is 69.6 Å². The molecule has 0 saturated heterocycles. The molecule has 2 unspecified atom stereocenters. The second-order valence-corrected chi connectivity index (χ2v) is 4.94. The van der Waals surface area contributed by atoms with E-state index in [4.69, 9.17) is 5.11 Å². The third kappa shape index (κ3) is 2.89. The lowest BCUT2D eigenvalue weighted by molar-refractivity contribution is -0.142. The van der Waals surface area contributed by atoms with Crippen molar-refractivity contribution >= 4 is 17.7 Å². The Hall–Kier alpha value is -2.11. The Bertz CT molecular complexity index is 521. The normalized spacial score (nSPS) is 21.5. The van der Waals surface area contributed by atoms with Crippen molar-refractivity contribution in [3.63, 3.8) is 0 Å². The van der Waals surface area contributed by atoms with E-state index in [0.29, 0.717) is 12.8 Å². The number of hydrogen-bond acceptors (Lipinski definition) is 2. The van der Waals surface area contributed by atoms with Gasteiger partial charge in [-0.3, -0.25) is 9.69 Å². The number of carbonyl (C=O) groups excluding carboxylic acids is 1. The predicted molar refractivity (Wildman–Crippen MR) is 72.1 cm³/mol. The fourth-order valence-electron chi connectivity index (χ4n) is 2.52. The van der Waals surface area contributed by atoms with Gasteiger partial charge in [-0.25, -0.2) is 9.18 Å². The summed E-state index contributed by atoms with van der Waals surface area (Å²) in [5, 5.41) is 11.7. The van der Waals surface area contributed by atoms with Crippen molar-refractivity contribution in [1.82, 2.24) is 5.32 Å². The van der Waals surface area contributed by atoms with Crippen molar-refractivity contribution in [2.45, 2.75) is 25.3 Å². The standard InChI is InChI=1S/C14H17FN2O3/c1-17(12-8-3-2-6-10(12)15)14(20)16-11-7-4-5-9(11)13(18)19/h2-3,6,8-9,11H,4-5,7H2,1H3,(H,16,20)(H,18,19). The highest BCUT2D eigenvalue weighted by atomic mass is 19.1. The largest absolute Gasteiger partial charge is 0.481 e. The van der Waals surface area contributed by atoms with Crippen molar-refractivity contribution in [3.8, 4) is 0 Å². The first-order chi connectivity index (χ1) is 9.50. The Kier molecular flexibility index (Phi) is 4.22. The van der Waals surface area contributed by atoms with Crippen molar-refractivity contribution < 1.29 is 19.1 Å². The highest BCUT2D eigenvalue weighted by Crippen LogP contribution is 2.26. The van der Waals surface area contributed by atoms with Crippen LogP contribution < -0.4 is 10.2 Å². The minimum atomic E-state index is -0.902. The molecule has 2 rings (SSSR count). The summed E-state index contributed by atoms with van der Waals surface area (Å²) in [5.41, 5.74) is 0.162. The smallest absolute Gasteiger partial charge is 0.321 e. The van der Waals surface area contributed by atoms with Crippen LogP contribution in [0.3, 0.4) is 0 Å². The van der Waals surface area contributed by atoms with Crippen LogP contribution in [0.5, 0.6) is 0 Å². The first-order valence-corrected chi connectivity index (χ1v) is 6.52. The third-order valence-electron chi connectivity index (χ3n) is 3.66. The molecule has 1 saturated carbocycles. The maximum Gasteiger partial charge on any atom is 0.321 e. The average Bonchev–Trinajstić information content (AvgIpc) is 2.86. The van der Waals surface area contributed by atoms with E-state index in [1.54, 1.807) is 12.1 Å². The van der Waals surface area contributed by atoms with Crippen LogP contribution in [0.1, 0.15) is 19.3 Å². The molecule has 0 heterocycles. The van der Waals surface area contributed by atoms with Crippen LogP contribution >= 0.6 is 0 Å². The molecule has 0 spiro atoms. The van der Waals surface area contributed by atoms with E-state index in [9.17, 15) is 14.0 Å². The van der Waals surface area contributed by atoms with Gasteiger partial charge in [0.15, 0.2) is 0 Å². The Morgan fingerprint density at radius 3 is 2.70 bits per heavy atom. The van der Waals surface area contributed by atoms with Gasteiger partial charge in [0.05, 0.1) is 11.6 Å². The molecule has 6 heteroatoms. The number of carbonyl (C=O) groups is 2. The van der Waals surface area contributed by atoms with Gasteiger partial charge in [-0.05, 0) is 25.0 Å². The Morgan fingerprint density at radius 2 is 2.05 bits per heavy atom. The van der Waals surface area contributed by atoms with Crippen LogP contribution in [-0.4, -0.2) is 30.2 Å². The lowest BCUT2D eigenvalue weighted by atomic mass is 10.0. The monoisotopic (exact) mass is 280 g/mol. The molecule has 1 aromatic rings. The van der Waals surface area contributed by atoms with E-state index in [0.717, 1.165) is 11.3 Å². The first kappa shape index (κ1) is 14.3. The fourth-order valence-corrected chi connectivity index (χ4v) is 2.52. The lowest BCUT2D eigenvalue weighted by Gasteiger charge is -2.23. The fraction of sp³-hybridized carbons (Fsp3) is 0.429.